The lowest BCUT2D eigenvalue weighted by atomic mass is 10.0. The normalized spacial score (nSPS) is 18.9. The number of hydrogen-bond donors (Lipinski definition) is 0. The minimum absolute atomic E-state index is 0.502. The Morgan fingerprint density at radius 2 is 1.62 bits per heavy atom. The van der Waals surface area contributed by atoms with Gasteiger partial charge in [0, 0.05) is 57.7 Å². The number of aromatic nitrogens is 2. The van der Waals surface area contributed by atoms with Crippen LogP contribution in [0.2, 0.25) is 0 Å². The second kappa shape index (κ2) is 9.41. The monoisotopic (exact) mass is 459 g/mol. The Bertz CT molecular complexity index is 1130. The minimum Gasteiger partial charge on any atom is -0.483 e. The first kappa shape index (κ1) is 21.6. The molecule has 3 aliphatic heterocycles. The van der Waals surface area contributed by atoms with E-state index in [2.05, 4.69) is 74.9 Å². The zero-order valence-corrected chi connectivity index (χ0v) is 19.9. The predicted octanol–water partition coefficient (Wildman–Crippen LogP) is 3.41. The van der Waals surface area contributed by atoms with Crippen molar-refractivity contribution in [3.05, 3.63) is 60.2 Å². The summed E-state index contributed by atoms with van der Waals surface area (Å²) < 4.78 is 13.8. The minimum atomic E-state index is 0.502. The number of piperazine rings is 1. The van der Waals surface area contributed by atoms with E-state index in [1.54, 1.807) is 0 Å². The van der Waals surface area contributed by atoms with Crippen LogP contribution in [0.5, 0.6) is 5.75 Å². The summed E-state index contributed by atoms with van der Waals surface area (Å²) in [5.41, 5.74) is 5.86. The van der Waals surface area contributed by atoms with Gasteiger partial charge in [-0.15, -0.1) is 0 Å². The quantitative estimate of drug-likeness (QED) is 0.583. The van der Waals surface area contributed by atoms with Gasteiger partial charge >= 0.3 is 0 Å². The van der Waals surface area contributed by atoms with Crippen LogP contribution in [0.3, 0.4) is 0 Å². The van der Waals surface area contributed by atoms with Gasteiger partial charge in [0.15, 0.2) is 5.82 Å². The molecule has 6 rings (SSSR count). The molecule has 4 heterocycles. The first-order valence-corrected chi connectivity index (χ1v) is 12.5. The fourth-order valence-corrected chi connectivity index (χ4v) is 5.18. The summed E-state index contributed by atoms with van der Waals surface area (Å²) in [7, 11) is 0. The Morgan fingerprint density at radius 3 is 2.38 bits per heavy atom. The molecule has 0 radical (unpaired) electrons. The molecule has 3 aromatic rings. The Balaban J connectivity index is 1.18. The molecule has 2 fully saturated rings. The third-order valence-corrected chi connectivity index (χ3v) is 7.28. The van der Waals surface area contributed by atoms with E-state index in [4.69, 9.17) is 14.5 Å². The zero-order chi connectivity index (χ0) is 22.9. The van der Waals surface area contributed by atoms with Crippen molar-refractivity contribution < 1.29 is 9.47 Å². The van der Waals surface area contributed by atoms with Crippen LogP contribution in [0.15, 0.2) is 48.7 Å². The number of fused-ring (bicyclic) bond motifs is 3. The van der Waals surface area contributed by atoms with Gasteiger partial charge in [0.1, 0.15) is 12.4 Å². The van der Waals surface area contributed by atoms with E-state index in [0.29, 0.717) is 6.61 Å². The van der Waals surface area contributed by atoms with Crippen LogP contribution in [-0.4, -0.2) is 78.4 Å². The average Bonchev–Trinajstić information content (AvgIpc) is 3.32. The van der Waals surface area contributed by atoms with E-state index < -0.39 is 0 Å². The molecule has 0 saturated carbocycles. The number of rotatable bonds is 5. The fourth-order valence-electron chi connectivity index (χ4n) is 5.18. The van der Waals surface area contributed by atoms with Crippen LogP contribution in [-0.2, 0) is 17.9 Å². The lowest BCUT2D eigenvalue weighted by Crippen LogP contribution is -2.46. The summed E-state index contributed by atoms with van der Waals surface area (Å²) in [4.78, 5) is 12.2. The Labute approximate surface area is 201 Å². The second-order valence-electron chi connectivity index (χ2n) is 9.35. The number of nitrogens with zero attached hydrogens (tertiary/aromatic N) is 5. The fraction of sp³-hybridized carbons (Fsp3) is 0.444. The zero-order valence-electron chi connectivity index (χ0n) is 19.9. The predicted molar refractivity (Wildman–Crippen MR) is 134 cm³/mol. The Morgan fingerprint density at radius 1 is 0.853 bits per heavy atom. The molecular formula is C27H33N5O2. The van der Waals surface area contributed by atoms with Crippen LogP contribution in [0.1, 0.15) is 18.4 Å². The molecule has 2 aromatic carbocycles. The van der Waals surface area contributed by atoms with Gasteiger partial charge in [-0.25, -0.2) is 4.98 Å². The maximum absolute atomic E-state index is 6.13. The molecule has 0 aliphatic carbocycles. The number of anilines is 1. The second-order valence-corrected chi connectivity index (χ2v) is 9.35. The number of imidazole rings is 1. The molecule has 2 saturated heterocycles. The van der Waals surface area contributed by atoms with Crippen LogP contribution in [0, 0.1) is 0 Å². The molecule has 0 N–H and O–H groups in total. The van der Waals surface area contributed by atoms with Gasteiger partial charge in [0.25, 0.3) is 0 Å². The molecule has 7 heteroatoms. The van der Waals surface area contributed by atoms with E-state index in [9.17, 15) is 0 Å². The third kappa shape index (κ3) is 4.31. The smallest absolute Gasteiger partial charge is 0.151 e. The summed E-state index contributed by atoms with van der Waals surface area (Å²) in [6.45, 7) is 12.8. The largest absolute Gasteiger partial charge is 0.483 e. The van der Waals surface area contributed by atoms with Crippen molar-refractivity contribution in [3.8, 4) is 22.6 Å². The van der Waals surface area contributed by atoms with Gasteiger partial charge in [-0.2, -0.15) is 0 Å². The van der Waals surface area contributed by atoms with Gasteiger partial charge in [0.05, 0.1) is 24.6 Å². The van der Waals surface area contributed by atoms with Gasteiger partial charge in [-0.3, -0.25) is 9.47 Å². The van der Waals surface area contributed by atoms with Crippen molar-refractivity contribution in [2.75, 3.05) is 63.9 Å². The van der Waals surface area contributed by atoms with Crippen LogP contribution in [0.25, 0.3) is 16.8 Å². The standard InChI is InChI=1S/C27H33N5O2/c1-2-29-9-11-31(12-10-29)24-6-3-21(4-7-24)22-5-8-25-26(17-22)34-20-27-28-23(19-32(25)27)18-30-13-15-33-16-14-30/h3-8,17,19H,2,9-16,18,20H2,1H3. The summed E-state index contributed by atoms with van der Waals surface area (Å²) in [5.74, 6) is 1.89. The van der Waals surface area contributed by atoms with Crippen molar-refractivity contribution in [2.45, 2.75) is 20.1 Å². The highest BCUT2D eigenvalue weighted by Gasteiger charge is 2.22. The molecule has 0 spiro atoms. The van der Waals surface area contributed by atoms with E-state index in [-0.39, 0.29) is 0 Å². The van der Waals surface area contributed by atoms with Crippen molar-refractivity contribution in [1.29, 1.82) is 0 Å². The van der Waals surface area contributed by atoms with Crippen LogP contribution >= 0.6 is 0 Å². The van der Waals surface area contributed by atoms with Gasteiger partial charge in [0.2, 0.25) is 0 Å². The molecule has 1 aromatic heterocycles. The van der Waals surface area contributed by atoms with Crippen molar-refractivity contribution in [2.24, 2.45) is 0 Å². The average molecular weight is 460 g/mol. The van der Waals surface area contributed by atoms with Gasteiger partial charge in [-0.05, 0) is 41.9 Å². The molecule has 178 valence electrons. The summed E-state index contributed by atoms with van der Waals surface area (Å²) in [6.07, 6.45) is 2.17. The van der Waals surface area contributed by atoms with Crippen molar-refractivity contribution in [3.63, 3.8) is 0 Å². The van der Waals surface area contributed by atoms with Gasteiger partial charge < -0.3 is 19.3 Å². The van der Waals surface area contributed by atoms with Crippen molar-refractivity contribution >= 4 is 5.69 Å². The number of ether oxygens (including phenoxy) is 2. The SMILES string of the molecule is CCN1CCN(c2ccc(-c3ccc4c(c3)OCc3nc(CN5CCOCC5)cn3-4)cc2)CC1. The topological polar surface area (TPSA) is 46.0 Å². The maximum Gasteiger partial charge on any atom is 0.151 e. The lowest BCUT2D eigenvalue weighted by molar-refractivity contribution is 0.0337. The van der Waals surface area contributed by atoms with Crippen molar-refractivity contribution in [1.82, 2.24) is 19.4 Å². The summed E-state index contributed by atoms with van der Waals surface area (Å²) in [5, 5.41) is 0. The van der Waals surface area contributed by atoms with Crippen LogP contribution in [0.4, 0.5) is 5.69 Å². The Kier molecular flexibility index (Phi) is 5.99. The Hall–Kier alpha value is -2.87. The number of morpholine rings is 1. The molecule has 0 bridgehead atoms. The number of benzene rings is 2. The molecule has 3 aliphatic rings. The highest BCUT2D eigenvalue weighted by molar-refractivity contribution is 5.70. The molecule has 0 amide bonds. The molecule has 0 unspecified atom stereocenters. The van der Waals surface area contributed by atoms with E-state index in [0.717, 1.165) is 88.5 Å². The van der Waals surface area contributed by atoms with E-state index in [1.165, 1.54) is 16.8 Å². The first-order chi connectivity index (χ1) is 16.8. The third-order valence-electron chi connectivity index (χ3n) is 7.28. The highest BCUT2D eigenvalue weighted by Crippen LogP contribution is 2.35. The molecule has 34 heavy (non-hydrogen) atoms. The van der Waals surface area contributed by atoms with E-state index in [1.807, 2.05) is 0 Å². The molecule has 0 atom stereocenters. The summed E-state index contributed by atoms with van der Waals surface area (Å²) >= 11 is 0. The molecular weight excluding hydrogens is 426 g/mol. The van der Waals surface area contributed by atoms with E-state index >= 15 is 0 Å². The highest BCUT2D eigenvalue weighted by atomic mass is 16.5. The number of likely N-dealkylation sites (N-methyl/N-ethyl adjacent to an activating group) is 1. The van der Waals surface area contributed by atoms with Crippen LogP contribution < -0.4 is 9.64 Å². The summed E-state index contributed by atoms with van der Waals surface area (Å²) in [6, 6.07) is 15.5. The number of hydrogen-bond acceptors (Lipinski definition) is 6. The van der Waals surface area contributed by atoms with Gasteiger partial charge in [-0.1, -0.05) is 25.1 Å². The lowest BCUT2D eigenvalue weighted by Gasteiger charge is -2.35. The molecule has 7 nitrogen and oxygen atoms in total. The maximum atomic E-state index is 6.13. The first-order valence-electron chi connectivity index (χ1n) is 12.5.